The van der Waals surface area contributed by atoms with Gasteiger partial charge in [-0.05, 0) is 37.9 Å². The van der Waals surface area contributed by atoms with E-state index in [1.807, 2.05) is 37.2 Å². The molecular formula is C18H20N2O4. The van der Waals surface area contributed by atoms with Crippen LogP contribution in [-0.2, 0) is 17.8 Å². The van der Waals surface area contributed by atoms with Gasteiger partial charge in [-0.25, -0.2) is 4.79 Å². The number of hydrogen-bond donors (Lipinski definition) is 1. The molecule has 0 spiro atoms. The third kappa shape index (κ3) is 3.05. The Morgan fingerprint density at radius 1 is 1.33 bits per heavy atom. The highest BCUT2D eigenvalue weighted by Crippen LogP contribution is 2.32. The highest BCUT2D eigenvalue weighted by Gasteiger charge is 2.37. The van der Waals surface area contributed by atoms with Crippen LogP contribution in [0.1, 0.15) is 33.3 Å². The molecule has 0 radical (unpaired) electrons. The number of aliphatic carboxylic acids is 1. The summed E-state index contributed by atoms with van der Waals surface area (Å²) in [6.07, 6.45) is 2.00. The molecule has 2 heterocycles. The Labute approximate surface area is 140 Å². The Morgan fingerprint density at radius 3 is 2.83 bits per heavy atom. The average molecular weight is 328 g/mol. The molecule has 24 heavy (non-hydrogen) atoms. The second kappa shape index (κ2) is 6.49. The van der Waals surface area contributed by atoms with Crippen molar-refractivity contribution in [1.82, 2.24) is 9.80 Å². The first-order chi connectivity index (χ1) is 11.5. The lowest BCUT2D eigenvalue weighted by molar-refractivity contribution is -0.143. The standard InChI is InChI=1S/C18H20N2O4/c1-19(2)11-12-4-3-5-13(10-12)17(21)20-8-6-15-14(7-9-24-15)16(20)18(22)23/h3-5,7,9-10,16H,6,8,11H2,1-2H3,(H,22,23). The summed E-state index contributed by atoms with van der Waals surface area (Å²) in [6.45, 7) is 1.05. The van der Waals surface area contributed by atoms with Gasteiger partial charge in [0.1, 0.15) is 5.76 Å². The fourth-order valence-electron chi connectivity index (χ4n) is 3.14. The van der Waals surface area contributed by atoms with Gasteiger partial charge in [-0.3, -0.25) is 4.79 Å². The van der Waals surface area contributed by atoms with Crippen molar-refractivity contribution < 1.29 is 19.1 Å². The van der Waals surface area contributed by atoms with Gasteiger partial charge in [0.2, 0.25) is 0 Å². The number of carbonyl (C=O) groups is 2. The molecule has 1 aliphatic heterocycles. The summed E-state index contributed by atoms with van der Waals surface area (Å²) in [4.78, 5) is 28.1. The lowest BCUT2D eigenvalue weighted by Gasteiger charge is -2.32. The number of carboxylic acids is 1. The molecule has 1 aromatic carbocycles. The number of benzene rings is 1. The zero-order valence-electron chi connectivity index (χ0n) is 13.7. The summed E-state index contributed by atoms with van der Waals surface area (Å²) in [5, 5.41) is 9.60. The van der Waals surface area contributed by atoms with E-state index in [4.69, 9.17) is 4.42 Å². The normalized spacial score (nSPS) is 17.0. The Kier molecular flexibility index (Phi) is 4.40. The molecule has 6 heteroatoms. The number of rotatable bonds is 4. The first-order valence-corrected chi connectivity index (χ1v) is 7.81. The summed E-state index contributed by atoms with van der Waals surface area (Å²) < 4.78 is 5.33. The fraction of sp³-hybridized carbons (Fsp3) is 0.333. The van der Waals surface area contributed by atoms with Crippen molar-refractivity contribution in [2.45, 2.75) is 19.0 Å². The van der Waals surface area contributed by atoms with Crippen LogP contribution in [0.4, 0.5) is 0 Å². The van der Waals surface area contributed by atoms with E-state index in [1.54, 1.807) is 12.1 Å². The van der Waals surface area contributed by atoms with E-state index < -0.39 is 12.0 Å². The predicted octanol–water partition coefficient (Wildman–Crippen LogP) is 2.17. The number of furan rings is 1. The molecule has 0 saturated heterocycles. The average Bonchev–Trinajstić information content (AvgIpc) is 3.01. The summed E-state index contributed by atoms with van der Waals surface area (Å²) in [5.74, 6) is -0.669. The molecule has 0 fully saturated rings. The van der Waals surface area contributed by atoms with Crippen LogP contribution in [0, 0.1) is 0 Å². The molecule has 1 amide bonds. The summed E-state index contributed by atoms with van der Waals surface area (Å²) in [6, 6.07) is 7.97. The van der Waals surface area contributed by atoms with Crippen LogP contribution in [0.3, 0.4) is 0 Å². The molecule has 1 unspecified atom stereocenters. The van der Waals surface area contributed by atoms with Gasteiger partial charge in [0.15, 0.2) is 6.04 Å². The monoisotopic (exact) mass is 328 g/mol. The minimum Gasteiger partial charge on any atom is -0.479 e. The van der Waals surface area contributed by atoms with E-state index in [-0.39, 0.29) is 5.91 Å². The lowest BCUT2D eigenvalue weighted by Crippen LogP contribution is -2.43. The van der Waals surface area contributed by atoms with E-state index in [0.717, 1.165) is 12.1 Å². The molecule has 6 nitrogen and oxygen atoms in total. The van der Waals surface area contributed by atoms with Gasteiger partial charge in [-0.1, -0.05) is 12.1 Å². The van der Waals surface area contributed by atoms with Crippen LogP contribution in [0.25, 0.3) is 0 Å². The van der Waals surface area contributed by atoms with Gasteiger partial charge in [-0.15, -0.1) is 0 Å². The van der Waals surface area contributed by atoms with E-state index in [1.165, 1.54) is 11.2 Å². The highest BCUT2D eigenvalue weighted by molar-refractivity contribution is 5.97. The Hall–Kier alpha value is -2.60. The predicted molar refractivity (Wildman–Crippen MR) is 87.7 cm³/mol. The minimum absolute atomic E-state index is 0.269. The highest BCUT2D eigenvalue weighted by atomic mass is 16.4. The van der Waals surface area contributed by atoms with Crippen molar-refractivity contribution in [2.24, 2.45) is 0 Å². The summed E-state index contributed by atoms with van der Waals surface area (Å²) in [5.41, 5.74) is 2.08. The molecule has 2 aromatic rings. The van der Waals surface area contributed by atoms with Gasteiger partial charge in [0.25, 0.3) is 5.91 Å². The number of carboxylic acid groups (broad SMARTS) is 1. The van der Waals surface area contributed by atoms with E-state index in [0.29, 0.717) is 29.9 Å². The number of hydrogen-bond acceptors (Lipinski definition) is 4. The second-order valence-corrected chi connectivity index (χ2v) is 6.23. The van der Waals surface area contributed by atoms with Crippen LogP contribution in [0.5, 0.6) is 0 Å². The molecule has 1 aromatic heterocycles. The number of carbonyl (C=O) groups excluding carboxylic acids is 1. The zero-order chi connectivity index (χ0) is 17.3. The van der Waals surface area contributed by atoms with Gasteiger partial charge >= 0.3 is 5.97 Å². The quantitative estimate of drug-likeness (QED) is 0.931. The SMILES string of the molecule is CN(C)Cc1cccc(C(=O)N2CCc3occc3C2C(=O)O)c1. The first kappa shape index (κ1) is 16.3. The van der Waals surface area contributed by atoms with Crippen molar-refractivity contribution in [3.8, 4) is 0 Å². The molecule has 1 atom stereocenters. The van der Waals surface area contributed by atoms with Gasteiger partial charge < -0.3 is 19.3 Å². The molecule has 1 N–H and O–H groups in total. The zero-order valence-corrected chi connectivity index (χ0v) is 13.7. The topological polar surface area (TPSA) is 74.0 Å². The molecule has 0 bridgehead atoms. The number of amides is 1. The molecular weight excluding hydrogens is 308 g/mol. The van der Waals surface area contributed by atoms with Crippen LogP contribution in [0.2, 0.25) is 0 Å². The van der Waals surface area contributed by atoms with Crippen molar-refractivity contribution in [3.63, 3.8) is 0 Å². The van der Waals surface area contributed by atoms with Crippen LogP contribution >= 0.6 is 0 Å². The fourth-order valence-corrected chi connectivity index (χ4v) is 3.14. The smallest absolute Gasteiger partial charge is 0.331 e. The molecule has 1 aliphatic rings. The van der Waals surface area contributed by atoms with Gasteiger partial charge in [0, 0.05) is 30.6 Å². The molecule has 3 rings (SSSR count). The van der Waals surface area contributed by atoms with E-state index in [9.17, 15) is 14.7 Å². The number of nitrogens with zero attached hydrogens (tertiary/aromatic N) is 2. The third-order valence-electron chi connectivity index (χ3n) is 4.13. The Morgan fingerprint density at radius 2 is 2.12 bits per heavy atom. The second-order valence-electron chi connectivity index (χ2n) is 6.23. The van der Waals surface area contributed by atoms with Crippen LogP contribution in [-0.4, -0.2) is 47.4 Å². The third-order valence-corrected chi connectivity index (χ3v) is 4.13. The molecule has 126 valence electrons. The van der Waals surface area contributed by atoms with Crippen molar-refractivity contribution in [1.29, 1.82) is 0 Å². The van der Waals surface area contributed by atoms with Crippen LogP contribution in [0.15, 0.2) is 41.0 Å². The van der Waals surface area contributed by atoms with E-state index in [2.05, 4.69) is 0 Å². The maximum Gasteiger partial charge on any atom is 0.331 e. The van der Waals surface area contributed by atoms with Gasteiger partial charge in [0.05, 0.1) is 6.26 Å². The molecule has 0 aliphatic carbocycles. The van der Waals surface area contributed by atoms with Crippen molar-refractivity contribution in [2.75, 3.05) is 20.6 Å². The van der Waals surface area contributed by atoms with Crippen molar-refractivity contribution in [3.05, 3.63) is 59.0 Å². The summed E-state index contributed by atoms with van der Waals surface area (Å²) in [7, 11) is 3.92. The largest absolute Gasteiger partial charge is 0.479 e. The lowest BCUT2D eigenvalue weighted by atomic mass is 9.98. The maximum atomic E-state index is 12.9. The van der Waals surface area contributed by atoms with Crippen LogP contribution < -0.4 is 0 Å². The van der Waals surface area contributed by atoms with E-state index >= 15 is 0 Å². The van der Waals surface area contributed by atoms with Gasteiger partial charge in [-0.2, -0.15) is 0 Å². The maximum absolute atomic E-state index is 12.9. The minimum atomic E-state index is -1.05. The Bertz CT molecular complexity index is 766. The Balaban J connectivity index is 1.91. The first-order valence-electron chi connectivity index (χ1n) is 7.81. The number of fused-ring (bicyclic) bond motifs is 1. The van der Waals surface area contributed by atoms with Crippen molar-refractivity contribution >= 4 is 11.9 Å². The summed E-state index contributed by atoms with van der Waals surface area (Å²) >= 11 is 0. The molecule has 0 saturated carbocycles.